The first kappa shape index (κ1) is 15.4. The van der Waals surface area contributed by atoms with Crippen LogP contribution in [0.2, 0.25) is 0 Å². The van der Waals surface area contributed by atoms with Gasteiger partial charge >= 0.3 is 0 Å². The molecule has 0 unspecified atom stereocenters. The van der Waals surface area contributed by atoms with Crippen molar-refractivity contribution in [2.75, 3.05) is 6.54 Å². The Balaban J connectivity index is 2.79. The van der Waals surface area contributed by atoms with Crippen LogP contribution in [0.1, 0.15) is 50.0 Å². The van der Waals surface area contributed by atoms with Crippen molar-refractivity contribution in [3.8, 4) is 0 Å². The third-order valence-corrected chi connectivity index (χ3v) is 4.00. The molecule has 0 aliphatic heterocycles. The van der Waals surface area contributed by atoms with Crippen molar-refractivity contribution >= 4 is 11.8 Å². The van der Waals surface area contributed by atoms with Gasteiger partial charge in [-0.15, -0.1) is 11.8 Å². The van der Waals surface area contributed by atoms with E-state index in [1.807, 2.05) is 11.8 Å². The summed E-state index contributed by atoms with van der Waals surface area (Å²) < 4.78 is 0.253. The number of rotatable bonds is 5. The maximum atomic E-state index is 5.56. The van der Waals surface area contributed by atoms with Gasteiger partial charge in [0, 0.05) is 16.1 Å². The topological polar surface area (TPSA) is 51.8 Å². The van der Waals surface area contributed by atoms with Crippen LogP contribution in [0.5, 0.6) is 0 Å². The van der Waals surface area contributed by atoms with E-state index in [0.29, 0.717) is 0 Å². The molecule has 3 nitrogen and oxygen atoms in total. The van der Waals surface area contributed by atoms with Gasteiger partial charge in [-0.25, -0.2) is 9.97 Å². The molecule has 1 aromatic heterocycles. The number of hydrogen-bond acceptors (Lipinski definition) is 4. The number of hydrogen-bond donors (Lipinski definition) is 1. The van der Waals surface area contributed by atoms with Crippen LogP contribution >= 0.6 is 11.8 Å². The fraction of sp³-hybridized carbons (Fsp3) is 0.714. The van der Waals surface area contributed by atoms with Crippen molar-refractivity contribution in [2.45, 2.75) is 58.0 Å². The number of nitrogens with two attached hydrogens (primary N) is 1. The molecular formula is C14H25N3S. The minimum atomic E-state index is 0.253. The maximum Gasteiger partial charge on any atom is 0.138 e. The van der Waals surface area contributed by atoms with Crippen molar-refractivity contribution in [3.63, 3.8) is 0 Å². The zero-order valence-electron chi connectivity index (χ0n) is 12.2. The van der Waals surface area contributed by atoms with Crippen molar-refractivity contribution < 1.29 is 0 Å². The monoisotopic (exact) mass is 267 g/mol. The molecule has 18 heavy (non-hydrogen) atoms. The van der Waals surface area contributed by atoms with Crippen LogP contribution in [0, 0.1) is 13.8 Å². The average molecular weight is 267 g/mol. The molecule has 0 atom stereocenters. The molecular weight excluding hydrogens is 242 g/mol. The number of nitrogens with zero attached hydrogens (tertiary/aromatic N) is 2. The van der Waals surface area contributed by atoms with Crippen molar-refractivity contribution in [1.82, 2.24) is 9.97 Å². The fourth-order valence-electron chi connectivity index (χ4n) is 1.80. The van der Waals surface area contributed by atoms with Crippen LogP contribution < -0.4 is 5.73 Å². The molecule has 1 rings (SSSR count). The second kappa shape index (κ2) is 6.53. The average Bonchev–Trinajstić information content (AvgIpc) is 2.24. The van der Waals surface area contributed by atoms with Crippen molar-refractivity contribution in [1.29, 1.82) is 0 Å². The van der Waals surface area contributed by atoms with Gasteiger partial charge in [-0.2, -0.15) is 0 Å². The van der Waals surface area contributed by atoms with Gasteiger partial charge in [-0.05, 0) is 38.8 Å². The molecule has 2 N–H and O–H groups in total. The van der Waals surface area contributed by atoms with Gasteiger partial charge in [0.1, 0.15) is 5.82 Å². The van der Waals surface area contributed by atoms with Crippen LogP contribution in [-0.2, 0) is 12.2 Å². The lowest BCUT2D eigenvalue weighted by atomic mass is 10.1. The molecule has 0 fully saturated rings. The third-order valence-electron chi connectivity index (χ3n) is 2.73. The lowest BCUT2D eigenvalue weighted by Crippen LogP contribution is -2.11. The van der Waals surface area contributed by atoms with Gasteiger partial charge in [-0.1, -0.05) is 20.8 Å². The van der Waals surface area contributed by atoms with Gasteiger partial charge in [0.25, 0.3) is 0 Å². The Morgan fingerprint density at radius 1 is 1.11 bits per heavy atom. The van der Waals surface area contributed by atoms with Crippen LogP contribution in [0.3, 0.4) is 0 Å². The number of thioether (sulfide) groups is 1. The standard InChI is InChI=1S/C14H25N3S/c1-10-12(7-6-8-15)11(2)17-13(16-10)9-18-14(3,4)5/h6-9,15H2,1-5H3. The van der Waals surface area contributed by atoms with Crippen LogP contribution in [-0.4, -0.2) is 21.3 Å². The van der Waals surface area contributed by atoms with Gasteiger partial charge in [0.05, 0.1) is 5.75 Å². The highest BCUT2D eigenvalue weighted by molar-refractivity contribution is 7.99. The summed E-state index contributed by atoms with van der Waals surface area (Å²) in [6.07, 6.45) is 1.99. The molecule has 0 radical (unpaired) electrons. The number of aromatic nitrogens is 2. The Labute approximate surface area is 115 Å². The SMILES string of the molecule is Cc1nc(CSC(C)(C)C)nc(C)c1CCCN. The van der Waals surface area contributed by atoms with E-state index < -0.39 is 0 Å². The van der Waals surface area contributed by atoms with Crippen LogP contribution in [0.4, 0.5) is 0 Å². The van der Waals surface area contributed by atoms with E-state index >= 15 is 0 Å². The molecule has 0 bridgehead atoms. The molecule has 4 heteroatoms. The molecule has 1 aromatic rings. The van der Waals surface area contributed by atoms with E-state index in [0.717, 1.165) is 42.4 Å². The fourth-order valence-corrected chi connectivity index (χ4v) is 2.49. The Kier molecular flexibility index (Phi) is 5.60. The first-order chi connectivity index (χ1) is 8.33. The lowest BCUT2D eigenvalue weighted by Gasteiger charge is -2.17. The van der Waals surface area contributed by atoms with E-state index in [1.54, 1.807) is 0 Å². The van der Waals surface area contributed by atoms with Gasteiger partial charge in [0.15, 0.2) is 0 Å². The quantitative estimate of drug-likeness (QED) is 0.891. The van der Waals surface area contributed by atoms with Gasteiger partial charge in [0.2, 0.25) is 0 Å². The molecule has 0 aliphatic carbocycles. The zero-order valence-corrected chi connectivity index (χ0v) is 13.0. The molecule has 1 heterocycles. The minimum Gasteiger partial charge on any atom is -0.330 e. The van der Waals surface area contributed by atoms with E-state index in [-0.39, 0.29) is 4.75 Å². The molecule has 0 aliphatic rings. The van der Waals surface area contributed by atoms with Crippen LogP contribution in [0.25, 0.3) is 0 Å². The highest BCUT2D eigenvalue weighted by Gasteiger charge is 2.13. The van der Waals surface area contributed by atoms with E-state index in [1.165, 1.54) is 5.56 Å². The van der Waals surface area contributed by atoms with E-state index in [9.17, 15) is 0 Å². The van der Waals surface area contributed by atoms with Gasteiger partial charge in [-0.3, -0.25) is 0 Å². The van der Waals surface area contributed by atoms with E-state index in [4.69, 9.17) is 5.73 Å². The number of aryl methyl sites for hydroxylation is 2. The van der Waals surface area contributed by atoms with E-state index in [2.05, 4.69) is 44.6 Å². The summed E-state index contributed by atoms with van der Waals surface area (Å²) in [6, 6.07) is 0. The predicted molar refractivity (Wildman–Crippen MR) is 79.9 cm³/mol. The van der Waals surface area contributed by atoms with Crippen molar-refractivity contribution in [3.05, 3.63) is 22.8 Å². The zero-order chi connectivity index (χ0) is 13.8. The second-order valence-corrected chi connectivity index (χ2v) is 7.38. The Morgan fingerprint density at radius 3 is 2.11 bits per heavy atom. The summed E-state index contributed by atoms with van der Waals surface area (Å²) in [5, 5.41) is 0. The summed E-state index contributed by atoms with van der Waals surface area (Å²) in [6.45, 7) is 11.5. The largest absolute Gasteiger partial charge is 0.330 e. The Bertz CT molecular complexity index is 374. The Morgan fingerprint density at radius 2 is 1.67 bits per heavy atom. The summed E-state index contributed by atoms with van der Waals surface area (Å²) >= 11 is 1.88. The lowest BCUT2D eigenvalue weighted by molar-refractivity contribution is 0.788. The first-order valence-electron chi connectivity index (χ1n) is 6.50. The summed E-state index contributed by atoms with van der Waals surface area (Å²) in [4.78, 5) is 9.23. The molecule has 0 amide bonds. The normalized spacial score (nSPS) is 11.9. The smallest absolute Gasteiger partial charge is 0.138 e. The highest BCUT2D eigenvalue weighted by Crippen LogP contribution is 2.26. The summed E-state index contributed by atoms with van der Waals surface area (Å²) in [5.74, 6) is 1.82. The summed E-state index contributed by atoms with van der Waals surface area (Å²) in [5.41, 5.74) is 9.05. The highest BCUT2D eigenvalue weighted by atomic mass is 32.2. The predicted octanol–water partition coefficient (Wildman–Crippen LogP) is 3.02. The molecule has 0 saturated carbocycles. The summed E-state index contributed by atoms with van der Waals surface area (Å²) in [7, 11) is 0. The molecule has 0 spiro atoms. The molecule has 102 valence electrons. The second-order valence-electron chi connectivity index (χ2n) is 5.58. The minimum absolute atomic E-state index is 0.253. The molecule has 0 saturated heterocycles. The third kappa shape index (κ3) is 4.94. The van der Waals surface area contributed by atoms with Gasteiger partial charge < -0.3 is 5.73 Å². The maximum absolute atomic E-state index is 5.56. The van der Waals surface area contributed by atoms with Crippen molar-refractivity contribution in [2.24, 2.45) is 5.73 Å². The first-order valence-corrected chi connectivity index (χ1v) is 7.49. The van der Waals surface area contributed by atoms with Crippen LogP contribution in [0.15, 0.2) is 0 Å². The molecule has 0 aromatic carbocycles. The Hall–Kier alpha value is -0.610.